The third kappa shape index (κ3) is 3.47. The smallest absolute Gasteiger partial charge is 0.322 e. The van der Waals surface area contributed by atoms with Gasteiger partial charge in [0.15, 0.2) is 0 Å². The maximum atomic E-state index is 15.0. The quantitative estimate of drug-likeness (QED) is 0.425. The van der Waals surface area contributed by atoms with Crippen molar-refractivity contribution in [1.29, 1.82) is 0 Å². The number of amides is 2. The summed E-state index contributed by atoms with van der Waals surface area (Å²) in [5.41, 5.74) is 4.04. The van der Waals surface area contributed by atoms with Crippen LogP contribution in [0.5, 0.6) is 5.75 Å². The van der Waals surface area contributed by atoms with Gasteiger partial charge in [0.25, 0.3) is 0 Å². The van der Waals surface area contributed by atoms with Crippen molar-refractivity contribution in [3.05, 3.63) is 95.4 Å². The van der Waals surface area contributed by atoms with E-state index in [2.05, 4.69) is 16.4 Å². The SMILES string of the molecule is CCOc1ccccc1NC(=O)N1CCc2c([nH]c3ccccc23)C1c1ccccc1F. The van der Waals surface area contributed by atoms with E-state index in [-0.39, 0.29) is 11.8 Å². The molecule has 2 N–H and O–H groups in total. The zero-order chi connectivity index (χ0) is 22.1. The van der Waals surface area contributed by atoms with Gasteiger partial charge in [-0.2, -0.15) is 0 Å². The number of anilines is 1. The van der Waals surface area contributed by atoms with Crippen LogP contribution >= 0.6 is 0 Å². The Hall–Kier alpha value is -3.80. The molecule has 1 aliphatic rings. The lowest BCUT2D eigenvalue weighted by Gasteiger charge is -2.36. The number of hydrogen-bond donors (Lipinski definition) is 2. The Morgan fingerprint density at radius 3 is 2.69 bits per heavy atom. The molecule has 32 heavy (non-hydrogen) atoms. The molecule has 1 aromatic heterocycles. The molecule has 162 valence electrons. The second-order valence-electron chi connectivity index (χ2n) is 7.79. The van der Waals surface area contributed by atoms with Gasteiger partial charge in [0, 0.05) is 28.7 Å². The number of hydrogen-bond acceptors (Lipinski definition) is 2. The van der Waals surface area contributed by atoms with Crippen molar-refractivity contribution >= 4 is 22.6 Å². The fourth-order valence-corrected chi connectivity index (χ4v) is 4.52. The Bertz CT molecular complexity index is 1280. The maximum absolute atomic E-state index is 15.0. The number of rotatable bonds is 4. The predicted octanol–water partition coefficient (Wildman–Crippen LogP) is 5.89. The summed E-state index contributed by atoms with van der Waals surface area (Å²) in [6, 6.07) is 21.2. The number of aromatic amines is 1. The number of nitrogens with zero attached hydrogens (tertiary/aromatic N) is 1. The summed E-state index contributed by atoms with van der Waals surface area (Å²) in [4.78, 5) is 18.6. The predicted molar refractivity (Wildman–Crippen MR) is 124 cm³/mol. The molecule has 2 amide bonds. The van der Waals surface area contributed by atoms with Crippen LogP contribution in [0.2, 0.25) is 0 Å². The summed E-state index contributed by atoms with van der Waals surface area (Å²) in [7, 11) is 0. The number of benzene rings is 3. The largest absolute Gasteiger partial charge is 0.492 e. The highest BCUT2D eigenvalue weighted by molar-refractivity contribution is 5.92. The molecule has 6 heteroatoms. The fourth-order valence-electron chi connectivity index (χ4n) is 4.52. The number of ether oxygens (including phenoxy) is 1. The van der Waals surface area contributed by atoms with E-state index in [0.717, 1.165) is 22.2 Å². The Morgan fingerprint density at radius 1 is 1.09 bits per heavy atom. The average Bonchev–Trinajstić information content (AvgIpc) is 3.19. The van der Waals surface area contributed by atoms with Gasteiger partial charge in [0.05, 0.1) is 12.3 Å². The highest BCUT2D eigenvalue weighted by Crippen LogP contribution is 2.39. The Kier molecular flexibility index (Phi) is 5.27. The summed E-state index contributed by atoms with van der Waals surface area (Å²) in [6.45, 7) is 2.86. The zero-order valence-electron chi connectivity index (χ0n) is 17.8. The normalized spacial score (nSPS) is 15.4. The van der Waals surface area contributed by atoms with Crippen LogP contribution in [0.4, 0.5) is 14.9 Å². The Morgan fingerprint density at radius 2 is 1.84 bits per heavy atom. The molecule has 0 radical (unpaired) electrons. The molecule has 3 aromatic carbocycles. The van der Waals surface area contributed by atoms with Crippen molar-refractivity contribution in [2.45, 2.75) is 19.4 Å². The van der Waals surface area contributed by atoms with Crippen molar-refractivity contribution in [2.75, 3.05) is 18.5 Å². The number of fused-ring (bicyclic) bond motifs is 3. The van der Waals surface area contributed by atoms with Crippen LogP contribution in [0, 0.1) is 5.82 Å². The van der Waals surface area contributed by atoms with Gasteiger partial charge in [0.2, 0.25) is 0 Å². The molecule has 2 heterocycles. The number of H-pyrrole nitrogens is 1. The summed E-state index contributed by atoms with van der Waals surface area (Å²) in [5, 5.41) is 4.09. The van der Waals surface area contributed by atoms with E-state index in [1.54, 1.807) is 29.2 Å². The van der Waals surface area contributed by atoms with E-state index in [1.807, 2.05) is 43.3 Å². The number of aromatic nitrogens is 1. The van der Waals surface area contributed by atoms with Crippen LogP contribution in [0.25, 0.3) is 10.9 Å². The summed E-state index contributed by atoms with van der Waals surface area (Å²) >= 11 is 0. The van der Waals surface area contributed by atoms with Gasteiger partial charge in [-0.1, -0.05) is 48.5 Å². The second-order valence-corrected chi connectivity index (χ2v) is 7.79. The number of para-hydroxylation sites is 3. The van der Waals surface area contributed by atoms with Crippen LogP contribution in [0.1, 0.15) is 29.8 Å². The molecule has 1 atom stereocenters. The minimum atomic E-state index is -0.563. The molecule has 0 saturated carbocycles. The third-order valence-corrected chi connectivity index (χ3v) is 5.92. The fraction of sp³-hybridized carbons (Fsp3) is 0.192. The number of nitrogens with one attached hydrogen (secondary N) is 2. The highest BCUT2D eigenvalue weighted by atomic mass is 19.1. The number of carbonyl (C=O) groups is 1. The minimum Gasteiger partial charge on any atom is -0.492 e. The molecule has 0 saturated heterocycles. The second kappa shape index (κ2) is 8.38. The molecular weight excluding hydrogens is 405 g/mol. The van der Waals surface area contributed by atoms with Crippen LogP contribution in [0.3, 0.4) is 0 Å². The van der Waals surface area contributed by atoms with Gasteiger partial charge in [-0.15, -0.1) is 0 Å². The molecule has 5 rings (SSSR count). The lowest BCUT2D eigenvalue weighted by Crippen LogP contribution is -2.43. The average molecular weight is 429 g/mol. The van der Waals surface area contributed by atoms with Gasteiger partial charge in [-0.3, -0.25) is 0 Å². The molecule has 0 aliphatic carbocycles. The Labute approximate surface area is 185 Å². The highest BCUT2D eigenvalue weighted by Gasteiger charge is 2.36. The monoisotopic (exact) mass is 429 g/mol. The van der Waals surface area contributed by atoms with Crippen molar-refractivity contribution < 1.29 is 13.9 Å². The first-order valence-corrected chi connectivity index (χ1v) is 10.8. The van der Waals surface area contributed by atoms with Crippen molar-refractivity contribution in [1.82, 2.24) is 9.88 Å². The number of urea groups is 1. The van der Waals surface area contributed by atoms with Crippen LogP contribution in [-0.4, -0.2) is 29.1 Å². The van der Waals surface area contributed by atoms with Crippen molar-refractivity contribution in [3.63, 3.8) is 0 Å². The van der Waals surface area contributed by atoms with E-state index >= 15 is 0 Å². The van der Waals surface area contributed by atoms with Crippen LogP contribution in [0.15, 0.2) is 72.8 Å². The molecule has 0 fully saturated rings. The van der Waals surface area contributed by atoms with Gasteiger partial charge in [-0.05, 0) is 43.2 Å². The number of carbonyl (C=O) groups excluding carboxylic acids is 1. The third-order valence-electron chi connectivity index (χ3n) is 5.92. The molecule has 1 aliphatic heterocycles. The summed E-state index contributed by atoms with van der Waals surface area (Å²) in [5.74, 6) is 0.269. The lowest BCUT2D eigenvalue weighted by atomic mass is 9.92. The minimum absolute atomic E-state index is 0.297. The first kappa shape index (κ1) is 20.1. The van der Waals surface area contributed by atoms with E-state index in [4.69, 9.17) is 4.74 Å². The number of halogens is 1. The molecule has 1 unspecified atom stereocenters. The maximum Gasteiger partial charge on any atom is 0.322 e. The van der Waals surface area contributed by atoms with Crippen LogP contribution < -0.4 is 10.1 Å². The van der Waals surface area contributed by atoms with Crippen molar-refractivity contribution in [2.24, 2.45) is 0 Å². The topological polar surface area (TPSA) is 57.4 Å². The lowest BCUT2D eigenvalue weighted by molar-refractivity contribution is 0.191. The van der Waals surface area contributed by atoms with E-state index < -0.39 is 6.04 Å². The van der Waals surface area contributed by atoms with Gasteiger partial charge in [0.1, 0.15) is 17.6 Å². The van der Waals surface area contributed by atoms with Gasteiger partial charge < -0.3 is 19.9 Å². The summed E-state index contributed by atoms with van der Waals surface area (Å²) in [6.07, 6.45) is 0.685. The first-order chi connectivity index (χ1) is 15.7. The first-order valence-electron chi connectivity index (χ1n) is 10.8. The van der Waals surface area contributed by atoms with E-state index in [1.165, 1.54) is 6.07 Å². The van der Waals surface area contributed by atoms with Crippen molar-refractivity contribution in [3.8, 4) is 5.75 Å². The molecule has 0 spiro atoms. The molecule has 5 nitrogen and oxygen atoms in total. The van der Waals surface area contributed by atoms with E-state index in [9.17, 15) is 9.18 Å². The molecule has 4 aromatic rings. The standard InChI is InChI=1S/C26H24FN3O2/c1-2-32-23-14-8-7-13-22(23)29-26(31)30-16-15-18-17-9-4-6-12-21(17)28-24(18)25(30)19-10-3-5-11-20(19)27/h3-14,25,28H,2,15-16H2,1H3,(H,29,31). The molecule has 0 bridgehead atoms. The Balaban J connectivity index is 1.57. The summed E-state index contributed by atoms with van der Waals surface area (Å²) < 4.78 is 20.6. The van der Waals surface area contributed by atoms with Gasteiger partial charge >= 0.3 is 6.03 Å². The molecular formula is C26H24FN3O2. The zero-order valence-corrected chi connectivity index (χ0v) is 17.8. The van der Waals surface area contributed by atoms with Crippen LogP contribution in [-0.2, 0) is 6.42 Å². The van der Waals surface area contributed by atoms with E-state index in [0.29, 0.717) is 36.6 Å². The van der Waals surface area contributed by atoms with Gasteiger partial charge in [-0.25, -0.2) is 9.18 Å².